The van der Waals surface area contributed by atoms with E-state index in [2.05, 4.69) is 121 Å². The van der Waals surface area contributed by atoms with Crippen LogP contribution in [0, 0.1) is 6.85 Å². The number of fused-ring (bicyclic) bond motifs is 7. The Hall–Kier alpha value is -8.09. The second-order valence-electron chi connectivity index (χ2n) is 22.3. The highest BCUT2D eigenvalue weighted by Gasteiger charge is 2.31. The van der Waals surface area contributed by atoms with E-state index in [1.807, 2.05) is 77.4 Å². The summed E-state index contributed by atoms with van der Waals surface area (Å²) in [5.74, 6) is 1.40. The lowest BCUT2D eigenvalue weighted by molar-refractivity contribution is 0.483. The minimum absolute atomic E-state index is 0.0105. The van der Waals surface area contributed by atoms with Crippen LogP contribution in [0.2, 0.25) is 0 Å². The van der Waals surface area contributed by atoms with Gasteiger partial charge in [-0.3, -0.25) is 4.57 Å². The van der Waals surface area contributed by atoms with Crippen molar-refractivity contribution in [3.8, 4) is 39.6 Å². The fraction of sp³-hybridized carbons (Fsp3) is 0.209. The van der Waals surface area contributed by atoms with Gasteiger partial charge in [-0.2, -0.15) is 0 Å². The van der Waals surface area contributed by atoms with Gasteiger partial charge in [-0.15, -0.1) is 0 Å². The van der Waals surface area contributed by atoms with Crippen LogP contribution in [-0.4, -0.2) is 16.2 Å². The van der Waals surface area contributed by atoms with Crippen molar-refractivity contribution in [2.24, 2.45) is 0 Å². The van der Waals surface area contributed by atoms with Gasteiger partial charge in [0.1, 0.15) is 35.2 Å². The number of para-hydroxylation sites is 4. The van der Waals surface area contributed by atoms with Gasteiger partial charge >= 0.3 is 0 Å². The number of benzene rings is 8. The zero-order valence-electron chi connectivity index (χ0n) is 52.6. The molecule has 0 atom stereocenters. The highest BCUT2D eigenvalue weighted by molar-refractivity contribution is 6.13. The monoisotopic (exact) mass is 965 g/mol. The molecule has 73 heavy (non-hydrogen) atoms. The minimum atomic E-state index is -2.55. The summed E-state index contributed by atoms with van der Waals surface area (Å²) >= 11 is 0. The third-order valence-electron chi connectivity index (χ3n) is 14.2. The van der Waals surface area contributed by atoms with Gasteiger partial charge in [0.2, 0.25) is 0 Å². The summed E-state index contributed by atoms with van der Waals surface area (Å²) in [7, 11) is 0. The lowest BCUT2D eigenvalue weighted by atomic mass is 9.80. The van der Waals surface area contributed by atoms with E-state index in [0.29, 0.717) is 51.5 Å². The van der Waals surface area contributed by atoms with Crippen molar-refractivity contribution in [2.75, 3.05) is 16.5 Å². The van der Waals surface area contributed by atoms with Crippen LogP contribution >= 0.6 is 0 Å². The van der Waals surface area contributed by atoms with E-state index >= 15 is 0 Å². The Morgan fingerprint density at radius 2 is 1.23 bits per heavy atom. The molecule has 0 unspecified atom stereocenters. The van der Waals surface area contributed by atoms with Gasteiger partial charge in [0.05, 0.1) is 32.0 Å². The van der Waals surface area contributed by atoms with E-state index in [1.54, 1.807) is 18.3 Å². The zero-order valence-corrected chi connectivity index (χ0v) is 42.6. The number of aromatic nitrogens is 2. The third-order valence-corrected chi connectivity index (χ3v) is 14.2. The van der Waals surface area contributed by atoms with Crippen LogP contribution in [0.3, 0.4) is 0 Å². The molecule has 6 nitrogen and oxygen atoms in total. The molecule has 0 spiro atoms. The van der Waals surface area contributed by atoms with Crippen molar-refractivity contribution >= 4 is 66.5 Å². The quantitative estimate of drug-likeness (QED) is 0.159. The molecule has 1 aliphatic rings. The molecule has 12 rings (SSSR count). The molecule has 0 radical (unpaired) electrons. The first kappa shape index (κ1) is 35.9. The first-order chi connectivity index (χ1) is 39.1. The summed E-state index contributed by atoms with van der Waals surface area (Å²) in [6, 6.07) is 41.0. The second-order valence-corrected chi connectivity index (χ2v) is 22.3. The van der Waals surface area contributed by atoms with Crippen LogP contribution in [0.15, 0.2) is 186 Å². The van der Waals surface area contributed by atoms with Crippen molar-refractivity contribution in [1.29, 1.82) is 0 Å². The van der Waals surface area contributed by atoms with Crippen molar-refractivity contribution in [2.45, 2.75) is 85.4 Å². The standard InChI is InChI=1S/C67H62N4O2/c1-42-32-63(68-40-57(42)43-18-15-19-45(33-43)65(2,3)4)71-58-31-28-44(52-23-17-24-55-54-22-11-14-27-62(54)73-64(52)55)34-56(58)53-30-29-51(39-61(53)71)72-50-21-16-20-48(38-50)69-41-70(60-26-13-12-25-59(60)69)49-36-46(66(5,6)7)35-47(37-49)67(8,9)10/h11-40H,41H2,1-10H3/i1D3,11D,14D,17D,22D,23D,24D,27D. The highest BCUT2D eigenvalue weighted by Crippen LogP contribution is 2.47. The molecule has 362 valence electrons. The van der Waals surface area contributed by atoms with E-state index < -0.39 is 37.1 Å². The number of hydrogen-bond acceptors (Lipinski definition) is 5. The molecule has 0 aliphatic carbocycles. The number of aryl methyl sites for hydroxylation is 1. The summed E-state index contributed by atoms with van der Waals surface area (Å²) in [4.78, 5) is 9.69. The van der Waals surface area contributed by atoms with Crippen LogP contribution in [0.4, 0.5) is 22.7 Å². The van der Waals surface area contributed by atoms with Gasteiger partial charge in [-0.25, -0.2) is 4.98 Å². The Labute approximate surface area is 443 Å². The van der Waals surface area contributed by atoms with Gasteiger partial charge in [0, 0.05) is 66.5 Å². The normalized spacial score (nSPS) is 15.4. The summed E-state index contributed by atoms with van der Waals surface area (Å²) < 4.78 is 103. The number of furan rings is 1. The van der Waals surface area contributed by atoms with E-state index in [9.17, 15) is 1.37 Å². The van der Waals surface area contributed by atoms with Crippen LogP contribution in [0.25, 0.3) is 71.8 Å². The highest BCUT2D eigenvalue weighted by atomic mass is 16.5. The fourth-order valence-corrected chi connectivity index (χ4v) is 10.1. The summed E-state index contributed by atoms with van der Waals surface area (Å²) in [6.07, 6.45) is 1.62. The zero-order chi connectivity index (χ0) is 59.1. The SMILES string of the molecule is [2H]c1c([2H])c([2H])c2c(oc3c(-c4ccc5c(c4)c4ccc(Oc6cccc(N7CN(c8cc(C(C)(C)C)cc(C(C)(C)C)c8)c8ccccc87)c6)cc4n5-c4cc(C([2H])([2H])[2H])c(-c5cccc(C(C)(C)C)c5)cn4)c([2H])c([2H])c([2H])c32)c1[2H]. The van der Waals surface area contributed by atoms with Gasteiger partial charge in [0.25, 0.3) is 0 Å². The van der Waals surface area contributed by atoms with E-state index in [4.69, 9.17) is 26.5 Å². The smallest absolute Gasteiger partial charge is 0.143 e. The third kappa shape index (κ3) is 8.19. The molecule has 6 heteroatoms. The Kier molecular flexibility index (Phi) is 8.37. The average molecular weight is 965 g/mol. The molecule has 4 heterocycles. The molecule has 11 aromatic rings. The molecule has 8 aromatic carbocycles. The van der Waals surface area contributed by atoms with Gasteiger partial charge in [-0.1, -0.05) is 153 Å². The lowest BCUT2D eigenvalue weighted by Crippen LogP contribution is -2.25. The summed E-state index contributed by atoms with van der Waals surface area (Å²) in [5, 5.41) is 1.36. The molecular formula is C67H62N4O2. The Morgan fingerprint density at radius 1 is 0.534 bits per heavy atom. The van der Waals surface area contributed by atoms with Crippen molar-refractivity contribution < 1.29 is 22.9 Å². The summed E-state index contributed by atoms with van der Waals surface area (Å²) in [6.45, 7) is 17.9. The fourth-order valence-electron chi connectivity index (χ4n) is 10.1. The maximum Gasteiger partial charge on any atom is 0.143 e. The topological polar surface area (TPSA) is 46.7 Å². The molecule has 0 N–H and O–H groups in total. The lowest BCUT2D eigenvalue weighted by Gasteiger charge is -2.29. The molecule has 3 aromatic heterocycles. The van der Waals surface area contributed by atoms with Crippen molar-refractivity contribution in [1.82, 2.24) is 9.55 Å². The number of rotatable bonds is 7. The van der Waals surface area contributed by atoms with E-state index in [1.165, 1.54) is 11.1 Å². The van der Waals surface area contributed by atoms with Gasteiger partial charge in [0.15, 0.2) is 0 Å². The minimum Gasteiger partial charge on any atom is -0.457 e. The maximum absolute atomic E-state index is 9.27. The largest absolute Gasteiger partial charge is 0.457 e. The summed E-state index contributed by atoms with van der Waals surface area (Å²) in [5.41, 5.74) is 10.4. The average Bonchev–Trinajstić information content (AvgIpc) is 3.16. The van der Waals surface area contributed by atoms with E-state index in [-0.39, 0.29) is 61.4 Å². The van der Waals surface area contributed by atoms with Crippen LogP contribution < -0.4 is 14.5 Å². The Morgan fingerprint density at radius 3 is 1.99 bits per heavy atom. The molecule has 1 aliphatic heterocycles. The predicted molar refractivity (Wildman–Crippen MR) is 306 cm³/mol. The van der Waals surface area contributed by atoms with E-state index in [0.717, 1.165) is 39.3 Å². The molecular weight excluding hydrogens is 893 g/mol. The molecule has 0 saturated carbocycles. The first-order valence-electron chi connectivity index (χ1n) is 29.8. The van der Waals surface area contributed by atoms with Crippen molar-refractivity contribution in [3.63, 3.8) is 0 Å². The van der Waals surface area contributed by atoms with Crippen LogP contribution in [0.1, 0.15) is 98.3 Å². The number of anilines is 4. The number of nitrogens with zero attached hydrogens (tertiary/aromatic N) is 4. The van der Waals surface area contributed by atoms with Crippen molar-refractivity contribution in [3.05, 3.63) is 204 Å². The number of hydrogen-bond donors (Lipinski definition) is 0. The Balaban J connectivity index is 1.00. The second kappa shape index (κ2) is 17.0. The van der Waals surface area contributed by atoms with Crippen LogP contribution in [0.5, 0.6) is 11.5 Å². The number of ether oxygens (including phenoxy) is 1. The van der Waals surface area contributed by atoms with Gasteiger partial charge in [-0.05, 0) is 129 Å². The Bertz CT molecular complexity index is 4470. The molecule has 0 fully saturated rings. The van der Waals surface area contributed by atoms with Gasteiger partial charge < -0.3 is 19.0 Å². The maximum atomic E-state index is 9.27. The number of pyridine rings is 1. The molecule has 0 bridgehead atoms. The van der Waals surface area contributed by atoms with Crippen LogP contribution in [-0.2, 0) is 16.2 Å². The molecule has 0 saturated heterocycles. The predicted octanol–water partition coefficient (Wildman–Crippen LogP) is 18.7. The first-order valence-corrected chi connectivity index (χ1v) is 24.8. The molecule has 0 amide bonds.